The first-order valence-electron chi connectivity index (χ1n) is 31.3. The molecule has 3 fully saturated rings. The van der Waals surface area contributed by atoms with Gasteiger partial charge in [-0.2, -0.15) is 5.10 Å². The number of aromatic carboxylic acids is 1. The summed E-state index contributed by atoms with van der Waals surface area (Å²) in [6.07, 6.45) is 0.113. The largest absolute Gasteiger partial charge is 0.479 e. The number of aromatic nitrogens is 4. The molecule has 492 valence electrons. The Morgan fingerprint density at radius 1 is 0.903 bits per heavy atom. The van der Waals surface area contributed by atoms with Gasteiger partial charge in [-0.15, -0.1) is 0 Å². The molecule has 2 bridgehead atoms. The molecule has 2 saturated carbocycles. The van der Waals surface area contributed by atoms with E-state index in [9.17, 15) is 59.1 Å². The number of nitrogens with zero attached hydrogens (tertiary/aromatic N) is 7. The molecule has 25 nitrogen and oxygen atoms in total. The van der Waals surface area contributed by atoms with E-state index in [0.717, 1.165) is 82.6 Å². The smallest absolute Gasteiger partial charge is 0.409 e. The monoisotopic (exact) mass is 1300 g/mol. The van der Waals surface area contributed by atoms with E-state index in [2.05, 4.69) is 36.4 Å². The summed E-state index contributed by atoms with van der Waals surface area (Å²) in [5.41, 5.74) is 5.02. The summed E-state index contributed by atoms with van der Waals surface area (Å²) in [5, 5.41) is 63.3. The van der Waals surface area contributed by atoms with Crippen molar-refractivity contribution in [3.05, 3.63) is 130 Å². The first-order valence-corrected chi connectivity index (χ1v) is 32.1. The number of fused-ring (bicyclic) bond motifs is 4. The van der Waals surface area contributed by atoms with Crippen LogP contribution in [0.5, 0.6) is 5.75 Å². The molecule has 5 aliphatic rings. The molecule has 1 saturated heterocycles. The predicted octanol–water partition coefficient (Wildman–Crippen LogP) is 6.66. The van der Waals surface area contributed by atoms with Crippen molar-refractivity contribution >= 4 is 74.2 Å². The molecule has 3 aliphatic heterocycles. The maximum Gasteiger partial charge on any atom is 0.409 e. The van der Waals surface area contributed by atoms with Crippen LogP contribution >= 0.6 is 11.3 Å². The fourth-order valence-electron chi connectivity index (χ4n) is 14.6. The molecule has 0 radical (unpaired) electrons. The predicted molar refractivity (Wildman–Crippen MR) is 339 cm³/mol. The third-order valence-corrected chi connectivity index (χ3v) is 19.7. The average molecular weight is 1300 g/mol. The minimum Gasteiger partial charge on any atom is -0.479 e. The number of benzene rings is 3. The molecule has 6 heterocycles. The second-order valence-electron chi connectivity index (χ2n) is 25.8. The standard InChI is InChI=1S/C67H77N9O16S/c1-6-66(37-76-39(3)45(30-69-76)43-18-19-50(71-54(43)60(84)85)74-24-22-41-12-9-13-44(46(41)31-74)59(83)72-63-70-47-14-7-8-15-49(47)93-63)34-65(4)28-38(2)29-67(35-65,36-66)90-26-25-73(5)64(88)89-33-42-17-16-40(11-10-23-68-51(77)32-75-52(78)20-21-53(75)79)27-48(42)91-62-57(82)55(80)56(81)58(92-62)61(86)87/h7-9,12-21,27,30,38,55-58,62,80-82H,6,10-11,22-26,28-29,31-37H2,1-5H3,(H,68,77)(H,84,85)(H,86,87)(H,70,72,83)/t38?,55-,56-,57+,58-,62+,65?,66?,67?/m0/s1. The highest BCUT2D eigenvalue weighted by molar-refractivity contribution is 7.22. The number of imide groups is 1. The van der Waals surface area contributed by atoms with Crippen molar-refractivity contribution < 1.29 is 78.0 Å². The van der Waals surface area contributed by atoms with E-state index in [-0.39, 0.29) is 60.0 Å². The van der Waals surface area contributed by atoms with Crippen molar-refractivity contribution in [1.29, 1.82) is 0 Å². The summed E-state index contributed by atoms with van der Waals surface area (Å²) in [7, 11) is 1.59. The molecule has 2 aliphatic carbocycles. The molecule has 26 heteroatoms. The maximum atomic E-state index is 13.8. The van der Waals surface area contributed by atoms with Crippen molar-refractivity contribution in [2.24, 2.45) is 16.7 Å². The van der Waals surface area contributed by atoms with Gasteiger partial charge >= 0.3 is 18.0 Å². The number of carbonyl (C=O) groups excluding carboxylic acids is 5. The molecule has 93 heavy (non-hydrogen) atoms. The first-order chi connectivity index (χ1) is 44.4. The summed E-state index contributed by atoms with van der Waals surface area (Å²) in [6, 6.07) is 21.9. The highest BCUT2D eigenvalue weighted by Gasteiger charge is 2.57. The van der Waals surface area contributed by atoms with E-state index >= 15 is 0 Å². The number of rotatable bonds is 23. The van der Waals surface area contributed by atoms with Gasteiger partial charge in [0.05, 0.1) is 28.6 Å². The minimum absolute atomic E-state index is 0.00978. The molecule has 0 spiro atoms. The van der Waals surface area contributed by atoms with Crippen LogP contribution in [0.15, 0.2) is 91.1 Å². The number of aliphatic carboxylic acids is 1. The second-order valence-corrected chi connectivity index (χ2v) is 26.8. The molecule has 9 atom stereocenters. The topological polar surface area (TPSA) is 335 Å². The van der Waals surface area contributed by atoms with Gasteiger partial charge in [0, 0.05) is 79.9 Å². The second kappa shape index (κ2) is 27.1. The van der Waals surface area contributed by atoms with Crippen LogP contribution in [0.3, 0.4) is 0 Å². The number of hydrogen-bond donors (Lipinski definition) is 7. The molecule has 4 unspecified atom stereocenters. The summed E-state index contributed by atoms with van der Waals surface area (Å²) in [4.78, 5) is 103. The Balaban J connectivity index is 0.732. The van der Waals surface area contributed by atoms with Gasteiger partial charge in [-0.3, -0.25) is 34.1 Å². The van der Waals surface area contributed by atoms with E-state index < -0.39 is 78.6 Å². The SMILES string of the molecule is CCC1(Cn2ncc(-c3ccc(N4CCc5cccc(C(=O)Nc6nc7ccccc7s6)c5C4)nc3C(=O)O)c2C)CC2(C)CC(C)CC(OCCN(C)C(=O)OCc3ccc(CCCNC(=O)CN4C(=O)C=CC4=O)cc3O[C@@H]3O[C@H](C(=O)O)[C@@H](O)[C@H](O)[C@H]3O)(C2)C1. The molecule has 3 aromatic heterocycles. The van der Waals surface area contributed by atoms with Gasteiger partial charge in [-0.1, -0.05) is 68.5 Å². The number of aliphatic hydroxyl groups is 3. The van der Waals surface area contributed by atoms with E-state index in [0.29, 0.717) is 78.0 Å². The summed E-state index contributed by atoms with van der Waals surface area (Å²) < 4.78 is 27.2. The molecule has 7 N–H and O–H groups in total. The summed E-state index contributed by atoms with van der Waals surface area (Å²) >= 11 is 1.40. The number of carbonyl (C=O) groups is 7. The molecule has 6 aromatic rings. The van der Waals surface area contributed by atoms with Crippen LogP contribution in [0.1, 0.15) is 115 Å². The van der Waals surface area contributed by atoms with Crippen LogP contribution in [-0.2, 0) is 65.9 Å². The third-order valence-electron chi connectivity index (χ3n) is 18.7. The van der Waals surface area contributed by atoms with E-state index in [4.69, 9.17) is 29.0 Å². The van der Waals surface area contributed by atoms with Gasteiger partial charge in [0.25, 0.3) is 17.7 Å². The van der Waals surface area contributed by atoms with Crippen LogP contribution in [0.2, 0.25) is 0 Å². The van der Waals surface area contributed by atoms with Gasteiger partial charge in [-0.05, 0) is 135 Å². The van der Waals surface area contributed by atoms with Crippen molar-refractivity contribution in [1.82, 2.24) is 34.9 Å². The highest BCUT2D eigenvalue weighted by Crippen LogP contribution is 2.61. The Morgan fingerprint density at radius 3 is 2.44 bits per heavy atom. The number of amides is 5. The molecule has 11 rings (SSSR count). The number of likely N-dealkylation sites (N-methyl/N-ethyl adjacent to an activating group) is 1. The lowest BCUT2D eigenvalue weighted by Gasteiger charge is -2.59. The normalized spacial score (nSPS) is 25.0. The zero-order valence-corrected chi connectivity index (χ0v) is 53.2. The lowest BCUT2D eigenvalue weighted by molar-refractivity contribution is -0.271. The Bertz CT molecular complexity index is 3860. The molecule has 5 amide bonds. The van der Waals surface area contributed by atoms with Crippen LogP contribution < -0.4 is 20.3 Å². The van der Waals surface area contributed by atoms with E-state index in [1.807, 2.05) is 59.0 Å². The molecular weight excluding hydrogens is 1220 g/mol. The number of hydrogen-bond acceptors (Lipinski definition) is 19. The van der Waals surface area contributed by atoms with Crippen LogP contribution in [0, 0.1) is 23.7 Å². The summed E-state index contributed by atoms with van der Waals surface area (Å²) in [6.45, 7) is 9.92. The van der Waals surface area contributed by atoms with Crippen LogP contribution in [0.25, 0.3) is 21.3 Å². The fraction of sp³-hybridized carbons (Fsp3) is 0.463. The Hall–Kier alpha value is -8.66. The number of aliphatic hydroxyl groups excluding tert-OH is 3. The van der Waals surface area contributed by atoms with Gasteiger partial charge < -0.3 is 59.6 Å². The zero-order valence-electron chi connectivity index (χ0n) is 52.4. The maximum absolute atomic E-state index is 13.8. The number of pyridine rings is 1. The van der Waals surface area contributed by atoms with Gasteiger partial charge in [0.15, 0.2) is 16.9 Å². The van der Waals surface area contributed by atoms with Gasteiger partial charge in [0.2, 0.25) is 12.2 Å². The quantitative estimate of drug-likeness (QED) is 0.0260. The Labute approximate surface area is 540 Å². The number of anilines is 2. The zero-order chi connectivity index (χ0) is 66.1. The first kappa shape index (κ1) is 65.8. The highest BCUT2D eigenvalue weighted by atomic mass is 32.1. The number of nitrogens with one attached hydrogen (secondary N) is 2. The molecular formula is C67H77N9O16S. The van der Waals surface area contributed by atoms with Gasteiger partial charge in [-0.25, -0.2) is 24.4 Å². The van der Waals surface area contributed by atoms with Crippen molar-refractivity contribution in [3.8, 4) is 16.9 Å². The molecule has 3 aromatic carbocycles. The minimum atomic E-state index is -1.97. The third kappa shape index (κ3) is 14.3. The van der Waals surface area contributed by atoms with Crippen molar-refractivity contribution in [2.75, 3.05) is 50.1 Å². The van der Waals surface area contributed by atoms with Crippen LogP contribution in [-0.4, -0.2) is 173 Å². The lowest BCUT2D eigenvalue weighted by Crippen LogP contribution is -2.61. The number of carboxylic acid groups (broad SMARTS) is 2. The van der Waals surface area contributed by atoms with Crippen molar-refractivity contribution in [3.63, 3.8) is 0 Å². The fourth-order valence-corrected chi connectivity index (χ4v) is 15.5. The number of para-hydroxylation sites is 1. The number of carboxylic acids is 2. The number of ether oxygens (including phenoxy) is 4. The number of thiazole rings is 1. The lowest BCUT2D eigenvalue weighted by atomic mass is 9.50. The number of aryl methyl sites for hydroxylation is 1. The van der Waals surface area contributed by atoms with Crippen molar-refractivity contribution in [2.45, 2.75) is 141 Å². The summed E-state index contributed by atoms with van der Waals surface area (Å²) in [5.74, 6) is -3.92. The van der Waals surface area contributed by atoms with Crippen LogP contribution in [0.4, 0.5) is 15.7 Å². The van der Waals surface area contributed by atoms with E-state index in [1.54, 1.807) is 43.6 Å². The average Bonchev–Trinajstić information content (AvgIpc) is 1.14. The Kier molecular flexibility index (Phi) is 19.2. The van der Waals surface area contributed by atoms with E-state index in [1.165, 1.54) is 16.2 Å². The van der Waals surface area contributed by atoms with Gasteiger partial charge in [0.1, 0.15) is 43.0 Å². The Morgan fingerprint density at radius 2 is 1.69 bits per heavy atom.